The van der Waals surface area contributed by atoms with Crippen LogP contribution in [0.5, 0.6) is 0 Å². The second-order valence-corrected chi connectivity index (χ2v) is 4.47. The van der Waals surface area contributed by atoms with Crippen molar-refractivity contribution in [3.05, 3.63) is 71.3 Å². The molecule has 0 aliphatic carbocycles. The molecule has 0 spiro atoms. The van der Waals surface area contributed by atoms with Gasteiger partial charge in [-0.15, -0.1) is 0 Å². The van der Waals surface area contributed by atoms with Crippen molar-refractivity contribution in [1.29, 1.82) is 0 Å². The van der Waals surface area contributed by atoms with Crippen molar-refractivity contribution < 1.29 is 14.3 Å². The summed E-state index contributed by atoms with van der Waals surface area (Å²) in [6.45, 7) is 0. The van der Waals surface area contributed by atoms with Crippen molar-refractivity contribution in [3.8, 4) is 0 Å². The fourth-order valence-electron chi connectivity index (χ4n) is 1.93. The van der Waals surface area contributed by atoms with Gasteiger partial charge >= 0.3 is 5.97 Å². The van der Waals surface area contributed by atoms with Crippen LogP contribution in [0.2, 0.25) is 0 Å². The van der Waals surface area contributed by atoms with Gasteiger partial charge in [0.1, 0.15) is 0 Å². The van der Waals surface area contributed by atoms with Crippen molar-refractivity contribution in [1.82, 2.24) is 0 Å². The van der Waals surface area contributed by atoms with Gasteiger partial charge in [-0.1, -0.05) is 54.6 Å². The minimum atomic E-state index is -0.227. The summed E-state index contributed by atoms with van der Waals surface area (Å²) in [5, 5.41) is 0. The molecule has 2 aromatic carbocycles. The van der Waals surface area contributed by atoms with Crippen molar-refractivity contribution in [2.75, 3.05) is 7.11 Å². The van der Waals surface area contributed by atoms with Crippen LogP contribution in [0.15, 0.2) is 54.6 Å². The molecule has 0 amide bonds. The van der Waals surface area contributed by atoms with Gasteiger partial charge in [0.15, 0.2) is 5.78 Å². The van der Waals surface area contributed by atoms with Gasteiger partial charge < -0.3 is 4.74 Å². The van der Waals surface area contributed by atoms with Gasteiger partial charge in [0.25, 0.3) is 0 Å². The number of aryl methyl sites for hydroxylation is 1. The SMILES string of the molecule is COC(=O)CCc1ccc(C(=O)c2ccccc2)cc1. The number of hydrogen-bond acceptors (Lipinski definition) is 3. The first-order valence-electron chi connectivity index (χ1n) is 6.46. The highest BCUT2D eigenvalue weighted by Gasteiger charge is 2.08. The Hall–Kier alpha value is -2.42. The van der Waals surface area contributed by atoms with Gasteiger partial charge in [-0.3, -0.25) is 9.59 Å². The van der Waals surface area contributed by atoms with Gasteiger partial charge in [-0.25, -0.2) is 0 Å². The highest BCUT2D eigenvalue weighted by atomic mass is 16.5. The molecule has 0 saturated heterocycles. The molecule has 3 heteroatoms. The minimum Gasteiger partial charge on any atom is -0.469 e. The van der Waals surface area contributed by atoms with Crippen molar-refractivity contribution in [2.24, 2.45) is 0 Å². The molecule has 0 fully saturated rings. The average Bonchev–Trinajstić information content (AvgIpc) is 2.53. The zero-order valence-corrected chi connectivity index (χ0v) is 11.3. The van der Waals surface area contributed by atoms with Crippen LogP contribution in [0, 0.1) is 0 Å². The Balaban J connectivity index is 2.05. The molecule has 0 aromatic heterocycles. The number of ether oxygens (including phenoxy) is 1. The Morgan fingerprint density at radius 3 is 2.10 bits per heavy atom. The highest BCUT2D eigenvalue weighted by molar-refractivity contribution is 6.08. The molecule has 3 nitrogen and oxygen atoms in total. The molecular formula is C17H16O3. The number of hydrogen-bond donors (Lipinski definition) is 0. The lowest BCUT2D eigenvalue weighted by atomic mass is 10.0. The van der Waals surface area contributed by atoms with Crippen LogP contribution in [0.1, 0.15) is 27.9 Å². The maximum Gasteiger partial charge on any atom is 0.305 e. The maximum atomic E-state index is 12.2. The van der Waals surface area contributed by atoms with E-state index in [-0.39, 0.29) is 11.8 Å². The standard InChI is InChI=1S/C17H16O3/c1-20-16(18)12-9-13-7-10-15(11-8-13)17(19)14-5-3-2-4-6-14/h2-8,10-11H,9,12H2,1H3. The number of carbonyl (C=O) groups is 2. The van der Waals surface area contributed by atoms with E-state index < -0.39 is 0 Å². The van der Waals surface area contributed by atoms with Crippen LogP contribution < -0.4 is 0 Å². The lowest BCUT2D eigenvalue weighted by molar-refractivity contribution is -0.140. The van der Waals surface area contributed by atoms with E-state index in [9.17, 15) is 9.59 Å². The lowest BCUT2D eigenvalue weighted by Gasteiger charge is -2.04. The molecule has 102 valence electrons. The zero-order chi connectivity index (χ0) is 14.4. The number of carbonyl (C=O) groups excluding carboxylic acids is 2. The van der Waals surface area contributed by atoms with E-state index in [1.54, 1.807) is 24.3 Å². The van der Waals surface area contributed by atoms with Crippen LogP contribution >= 0.6 is 0 Å². The van der Waals surface area contributed by atoms with E-state index >= 15 is 0 Å². The summed E-state index contributed by atoms with van der Waals surface area (Å²) in [5.74, 6) is -0.223. The first kappa shape index (κ1) is 14.0. The molecule has 0 aliphatic heterocycles. The Morgan fingerprint density at radius 2 is 1.50 bits per heavy atom. The third-order valence-electron chi connectivity index (χ3n) is 3.10. The molecule has 2 rings (SSSR count). The third-order valence-corrected chi connectivity index (χ3v) is 3.10. The first-order chi connectivity index (χ1) is 9.70. The lowest BCUT2D eigenvalue weighted by Crippen LogP contribution is -2.03. The average molecular weight is 268 g/mol. The van der Waals surface area contributed by atoms with Gasteiger partial charge in [0, 0.05) is 17.5 Å². The molecular weight excluding hydrogens is 252 g/mol. The molecule has 0 atom stereocenters. The van der Waals surface area contributed by atoms with E-state index in [4.69, 9.17) is 0 Å². The van der Waals surface area contributed by atoms with E-state index in [1.807, 2.05) is 30.3 Å². The smallest absolute Gasteiger partial charge is 0.305 e. The van der Waals surface area contributed by atoms with Crippen molar-refractivity contribution in [2.45, 2.75) is 12.8 Å². The fraction of sp³-hybridized carbons (Fsp3) is 0.176. The van der Waals surface area contributed by atoms with Crippen LogP contribution in [-0.2, 0) is 16.0 Å². The van der Waals surface area contributed by atoms with E-state index in [0.717, 1.165) is 5.56 Å². The Morgan fingerprint density at radius 1 is 0.900 bits per heavy atom. The second-order valence-electron chi connectivity index (χ2n) is 4.47. The minimum absolute atomic E-state index is 0.00474. The topological polar surface area (TPSA) is 43.4 Å². The van der Waals surface area contributed by atoms with Gasteiger partial charge in [-0.05, 0) is 12.0 Å². The van der Waals surface area contributed by atoms with E-state index in [2.05, 4.69) is 4.74 Å². The van der Waals surface area contributed by atoms with Crippen molar-refractivity contribution in [3.63, 3.8) is 0 Å². The summed E-state index contributed by atoms with van der Waals surface area (Å²) in [7, 11) is 1.38. The first-order valence-corrected chi connectivity index (χ1v) is 6.46. The molecule has 0 aliphatic rings. The Bertz CT molecular complexity index is 585. The van der Waals surface area contributed by atoms with Gasteiger partial charge in [0.05, 0.1) is 7.11 Å². The fourth-order valence-corrected chi connectivity index (χ4v) is 1.93. The summed E-state index contributed by atoms with van der Waals surface area (Å²) in [4.78, 5) is 23.3. The van der Waals surface area contributed by atoms with Crippen molar-refractivity contribution >= 4 is 11.8 Å². The molecule has 0 radical (unpaired) electrons. The number of rotatable bonds is 5. The Kier molecular flexibility index (Phi) is 4.66. The quantitative estimate of drug-likeness (QED) is 0.618. The number of esters is 1. The van der Waals surface area contributed by atoms with Gasteiger partial charge in [-0.2, -0.15) is 0 Å². The summed E-state index contributed by atoms with van der Waals surface area (Å²) < 4.78 is 4.60. The van der Waals surface area contributed by atoms with Crippen LogP contribution in [-0.4, -0.2) is 18.9 Å². The van der Waals surface area contributed by atoms with E-state index in [0.29, 0.717) is 24.0 Å². The molecule has 0 unspecified atom stereocenters. The summed E-state index contributed by atoms with van der Waals surface area (Å²) >= 11 is 0. The predicted molar refractivity (Wildman–Crippen MR) is 76.7 cm³/mol. The normalized spacial score (nSPS) is 10.1. The van der Waals surface area contributed by atoms with Gasteiger partial charge in [0.2, 0.25) is 0 Å². The zero-order valence-electron chi connectivity index (χ0n) is 11.3. The second kappa shape index (κ2) is 6.66. The Labute approximate surface area is 118 Å². The molecule has 2 aromatic rings. The molecule has 0 N–H and O–H groups in total. The number of benzene rings is 2. The largest absolute Gasteiger partial charge is 0.469 e. The van der Waals surface area contributed by atoms with Crippen LogP contribution in [0.4, 0.5) is 0 Å². The predicted octanol–water partition coefficient (Wildman–Crippen LogP) is 3.02. The number of ketones is 1. The van der Waals surface area contributed by atoms with E-state index in [1.165, 1.54) is 7.11 Å². The summed E-state index contributed by atoms with van der Waals surface area (Å²) in [6, 6.07) is 16.5. The molecule has 0 saturated carbocycles. The summed E-state index contributed by atoms with van der Waals surface area (Å²) in [5.41, 5.74) is 2.34. The highest BCUT2D eigenvalue weighted by Crippen LogP contribution is 2.12. The third kappa shape index (κ3) is 3.54. The molecule has 20 heavy (non-hydrogen) atoms. The monoisotopic (exact) mass is 268 g/mol. The number of methoxy groups -OCH3 is 1. The van der Waals surface area contributed by atoms with Crippen LogP contribution in [0.25, 0.3) is 0 Å². The summed E-state index contributed by atoms with van der Waals surface area (Å²) in [6.07, 6.45) is 0.967. The molecule has 0 heterocycles. The maximum absolute atomic E-state index is 12.2. The van der Waals surface area contributed by atoms with Crippen LogP contribution in [0.3, 0.4) is 0 Å². The molecule has 0 bridgehead atoms.